The minimum Gasteiger partial charge on any atom is -0.472 e. The SMILES string of the molecule is C=C[C@@H]1C[C@]1(NC(=O)[C@@H]1C[C@@H](Oc2nccc3c(C(F)(F)F)cccc23)CN1C(=O)[C@@H](NC(=O)OC1CCCC1)C(C)(C)C)C(=O)NS(=O)(=O)OC1CC1. The number of alkyl carbamates (subject to hydrolysis) is 1. The molecule has 54 heavy (non-hydrogen) atoms. The monoisotopic (exact) mass is 779 g/mol. The Morgan fingerprint density at radius 2 is 1.72 bits per heavy atom. The molecule has 1 aromatic carbocycles. The van der Waals surface area contributed by atoms with Gasteiger partial charge in [0.25, 0.3) is 5.91 Å². The van der Waals surface area contributed by atoms with Crippen molar-refractivity contribution < 1.29 is 54.4 Å². The Hall–Kier alpha value is -4.45. The molecule has 0 bridgehead atoms. The van der Waals surface area contributed by atoms with Crippen LogP contribution in [0, 0.1) is 11.3 Å². The predicted molar refractivity (Wildman–Crippen MR) is 187 cm³/mol. The van der Waals surface area contributed by atoms with Crippen LogP contribution in [0.2, 0.25) is 0 Å². The van der Waals surface area contributed by atoms with Crippen LogP contribution in [0.4, 0.5) is 18.0 Å². The van der Waals surface area contributed by atoms with Crippen LogP contribution in [-0.2, 0) is 39.8 Å². The second kappa shape index (κ2) is 14.7. The maximum atomic E-state index is 14.5. The molecule has 1 aromatic heterocycles. The zero-order valence-corrected chi connectivity index (χ0v) is 30.9. The molecular formula is C36H44F3N5O9S. The van der Waals surface area contributed by atoms with Crippen molar-refractivity contribution in [3.63, 3.8) is 0 Å². The number of carbonyl (C=O) groups is 4. The molecule has 1 aliphatic heterocycles. The molecule has 1 saturated heterocycles. The van der Waals surface area contributed by atoms with Gasteiger partial charge in [-0.2, -0.15) is 21.6 Å². The van der Waals surface area contributed by atoms with Gasteiger partial charge in [-0.1, -0.05) is 32.9 Å². The standard InChI is InChI=1S/C36H44F3N5O9S/c1-5-20-18-35(20,32(47)43-54(49,50)53-22-13-14-22)42-29(45)27-17-23(51-30-25-11-8-12-26(36(37,38)39)24(25)15-16-40-30)19-44(27)31(46)28(34(2,3)4)41-33(48)52-21-9-6-7-10-21/h5,8,11-12,15-16,20-23,27-28H,1,6-7,9-10,13-14,17-19H2,2-4H3,(H,41,48)(H,42,45)(H,43,47)/t20-,23-,27+,28-,35-/m1/s1. The molecule has 14 nitrogen and oxygen atoms in total. The number of likely N-dealkylation sites (tertiary alicyclic amines) is 1. The normalized spacial score (nSPS) is 25.1. The lowest BCUT2D eigenvalue weighted by Gasteiger charge is -2.35. The van der Waals surface area contributed by atoms with E-state index in [-0.39, 0.29) is 42.1 Å². The van der Waals surface area contributed by atoms with Crippen molar-refractivity contribution in [3.05, 3.63) is 48.7 Å². The van der Waals surface area contributed by atoms with E-state index in [0.29, 0.717) is 25.7 Å². The molecule has 294 valence electrons. The number of nitrogens with zero attached hydrogens (tertiary/aromatic N) is 2. The molecule has 2 heterocycles. The van der Waals surface area contributed by atoms with E-state index in [1.165, 1.54) is 29.2 Å². The molecule has 3 N–H and O–H groups in total. The smallest absolute Gasteiger partial charge is 0.417 e. The third-order valence-corrected chi connectivity index (χ3v) is 11.2. The Labute approximate surface area is 310 Å². The summed E-state index contributed by atoms with van der Waals surface area (Å²) >= 11 is 0. The van der Waals surface area contributed by atoms with E-state index in [0.717, 1.165) is 25.1 Å². The number of alkyl halides is 3. The van der Waals surface area contributed by atoms with E-state index in [4.69, 9.17) is 13.7 Å². The summed E-state index contributed by atoms with van der Waals surface area (Å²) in [6.45, 7) is 8.58. The minimum atomic E-state index is -4.66. The summed E-state index contributed by atoms with van der Waals surface area (Å²) in [5, 5.41) is 5.21. The highest BCUT2D eigenvalue weighted by Crippen LogP contribution is 2.45. The molecule has 2 aromatic rings. The van der Waals surface area contributed by atoms with Crippen molar-refractivity contribution >= 4 is 44.9 Å². The highest BCUT2D eigenvalue weighted by atomic mass is 32.2. The summed E-state index contributed by atoms with van der Waals surface area (Å²) in [6.07, 6.45) is -0.707. The van der Waals surface area contributed by atoms with Crippen molar-refractivity contribution in [2.75, 3.05) is 6.54 Å². The number of hydrogen-bond donors (Lipinski definition) is 3. The Kier molecular flexibility index (Phi) is 10.7. The van der Waals surface area contributed by atoms with Gasteiger partial charge in [-0.25, -0.2) is 14.5 Å². The third-order valence-electron chi connectivity index (χ3n) is 10.2. The van der Waals surface area contributed by atoms with Gasteiger partial charge in [0.2, 0.25) is 17.7 Å². The van der Waals surface area contributed by atoms with Crippen LogP contribution in [-0.4, -0.2) is 84.6 Å². The van der Waals surface area contributed by atoms with Crippen LogP contribution in [0.5, 0.6) is 5.88 Å². The van der Waals surface area contributed by atoms with Gasteiger partial charge >= 0.3 is 22.6 Å². The number of nitrogens with one attached hydrogen (secondary N) is 3. The summed E-state index contributed by atoms with van der Waals surface area (Å²) in [5.74, 6) is -3.38. The first-order chi connectivity index (χ1) is 25.3. The lowest BCUT2D eigenvalue weighted by molar-refractivity contribution is -0.143. The number of pyridine rings is 1. The van der Waals surface area contributed by atoms with Crippen LogP contribution in [0.3, 0.4) is 0 Å². The van der Waals surface area contributed by atoms with Crippen molar-refractivity contribution in [1.29, 1.82) is 0 Å². The first-order valence-electron chi connectivity index (χ1n) is 17.9. The fraction of sp³-hybridized carbons (Fsp3) is 0.583. The first-order valence-corrected chi connectivity index (χ1v) is 19.3. The minimum absolute atomic E-state index is 0.00819. The van der Waals surface area contributed by atoms with E-state index in [9.17, 15) is 40.8 Å². The van der Waals surface area contributed by atoms with Crippen molar-refractivity contribution in [1.82, 2.24) is 25.2 Å². The quantitative estimate of drug-likeness (QED) is 0.263. The van der Waals surface area contributed by atoms with Gasteiger partial charge < -0.3 is 25.0 Å². The maximum Gasteiger partial charge on any atom is 0.417 e. The van der Waals surface area contributed by atoms with Gasteiger partial charge in [0.05, 0.1) is 18.2 Å². The number of halogens is 3. The van der Waals surface area contributed by atoms with Gasteiger partial charge in [-0.3, -0.25) is 18.6 Å². The molecule has 4 aliphatic rings. The van der Waals surface area contributed by atoms with Crippen LogP contribution in [0.15, 0.2) is 43.1 Å². The topological polar surface area (TPSA) is 182 Å². The van der Waals surface area contributed by atoms with E-state index in [1.807, 2.05) is 4.72 Å². The zero-order valence-electron chi connectivity index (χ0n) is 30.1. The maximum absolute atomic E-state index is 14.5. The number of ether oxygens (including phenoxy) is 2. The number of benzene rings is 1. The Morgan fingerprint density at radius 3 is 2.33 bits per heavy atom. The Bertz CT molecular complexity index is 1930. The number of hydrogen-bond acceptors (Lipinski definition) is 10. The number of aromatic nitrogens is 1. The van der Waals surface area contributed by atoms with Gasteiger partial charge in [0.1, 0.15) is 29.8 Å². The predicted octanol–water partition coefficient (Wildman–Crippen LogP) is 4.29. The van der Waals surface area contributed by atoms with Gasteiger partial charge in [-0.15, -0.1) is 6.58 Å². The number of fused-ring (bicyclic) bond motifs is 1. The fourth-order valence-electron chi connectivity index (χ4n) is 7.09. The van der Waals surface area contributed by atoms with E-state index in [1.54, 1.807) is 20.8 Å². The van der Waals surface area contributed by atoms with Gasteiger partial charge in [-0.05, 0) is 68.6 Å². The molecule has 3 saturated carbocycles. The average molecular weight is 780 g/mol. The van der Waals surface area contributed by atoms with Crippen LogP contribution in [0.25, 0.3) is 10.8 Å². The Morgan fingerprint density at radius 1 is 1.02 bits per heavy atom. The van der Waals surface area contributed by atoms with E-state index in [2.05, 4.69) is 22.2 Å². The largest absolute Gasteiger partial charge is 0.472 e. The summed E-state index contributed by atoms with van der Waals surface area (Å²) in [4.78, 5) is 60.5. The molecule has 0 radical (unpaired) electrons. The molecule has 6 rings (SSSR count). The highest BCUT2D eigenvalue weighted by Gasteiger charge is 2.62. The van der Waals surface area contributed by atoms with Crippen molar-refractivity contribution in [2.24, 2.45) is 11.3 Å². The fourth-order valence-corrected chi connectivity index (χ4v) is 8.10. The zero-order chi connectivity index (χ0) is 39.2. The highest BCUT2D eigenvalue weighted by molar-refractivity contribution is 7.85. The summed E-state index contributed by atoms with van der Waals surface area (Å²) in [5.41, 5.74) is -3.53. The summed E-state index contributed by atoms with van der Waals surface area (Å²) in [6, 6.07) is 2.23. The molecule has 18 heteroatoms. The van der Waals surface area contributed by atoms with Crippen molar-refractivity contribution in [2.45, 2.75) is 114 Å². The Balaban J connectivity index is 1.28. The molecule has 0 spiro atoms. The first kappa shape index (κ1) is 39.2. The van der Waals surface area contributed by atoms with Crippen LogP contribution >= 0.6 is 0 Å². The van der Waals surface area contributed by atoms with Gasteiger partial charge in [0.15, 0.2) is 0 Å². The van der Waals surface area contributed by atoms with Crippen molar-refractivity contribution in [3.8, 4) is 5.88 Å². The summed E-state index contributed by atoms with van der Waals surface area (Å²) in [7, 11) is -4.49. The second-order valence-corrected chi connectivity index (χ2v) is 16.7. The van der Waals surface area contributed by atoms with Crippen LogP contribution < -0.4 is 20.1 Å². The lowest BCUT2D eigenvalue weighted by atomic mass is 9.85. The van der Waals surface area contributed by atoms with Crippen LogP contribution in [0.1, 0.15) is 77.7 Å². The summed E-state index contributed by atoms with van der Waals surface area (Å²) < 4.78 is 85.1. The van der Waals surface area contributed by atoms with E-state index < -0.39 is 87.0 Å². The molecule has 4 fully saturated rings. The molecule has 3 aliphatic carbocycles. The molecule has 4 amide bonds. The molecule has 0 unspecified atom stereocenters. The van der Waals surface area contributed by atoms with Gasteiger partial charge in [0, 0.05) is 29.3 Å². The molecule has 5 atom stereocenters. The lowest BCUT2D eigenvalue weighted by Crippen LogP contribution is -2.60. The average Bonchev–Trinajstić information content (AvgIpc) is 3.91. The second-order valence-electron chi connectivity index (χ2n) is 15.4. The van der Waals surface area contributed by atoms with E-state index >= 15 is 0 Å². The third kappa shape index (κ3) is 8.59. The number of amides is 4. The number of carbonyl (C=O) groups excluding carboxylic acids is 4. The molecular weight excluding hydrogens is 735 g/mol. The number of rotatable bonds is 12.